The summed E-state index contributed by atoms with van der Waals surface area (Å²) < 4.78 is 5.14. The van der Waals surface area contributed by atoms with Gasteiger partial charge in [0, 0.05) is 5.56 Å². The number of aryl methyl sites for hydroxylation is 1. The van der Waals surface area contributed by atoms with Gasteiger partial charge in [0.2, 0.25) is 0 Å². The van der Waals surface area contributed by atoms with E-state index in [-0.39, 0.29) is 6.04 Å². The maximum atomic E-state index is 5.14. The molecule has 1 aromatic heterocycles. The fourth-order valence-corrected chi connectivity index (χ4v) is 1.96. The van der Waals surface area contributed by atoms with Gasteiger partial charge in [-0.25, -0.2) is 0 Å². The average Bonchev–Trinajstić information content (AvgIpc) is 2.84. The first kappa shape index (κ1) is 11.0. The number of furan rings is 1. The summed E-state index contributed by atoms with van der Waals surface area (Å²) in [6, 6.07) is 10.9. The van der Waals surface area contributed by atoms with Crippen molar-refractivity contribution in [2.45, 2.75) is 19.4 Å². The Labute approximate surface area is 96.3 Å². The molecule has 84 valence electrons. The Bertz CT molecular complexity index is 434. The summed E-state index contributed by atoms with van der Waals surface area (Å²) in [5, 5.41) is 3.31. The van der Waals surface area contributed by atoms with Gasteiger partial charge in [-0.3, -0.25) is 0 Å². The van der Waals surface area contributed by atoms with Crippen LogP contribution in [0.4, 0.5) is 0 Å². The van der Waals surface area contributed by atoms with Gasteiger partial charge in [0.25, 0.3) is 0 Å². The summed E-state index contributed by atoms with van der Waals surface area (Å²) in [4.78, 5) is 0. The van der Waals surface area contributed by atoms with Crippen LogP contribution in [0, 0.1) is 0 Å². The smallest absolute Gasteiger partial charge is 0.0953 e. The first-order valence-corrected chi connectivity index (χ1v) is 5.63. The van der Waals surface area contributed by atoms with Gasteiger partial charge in [0.15, 0.2) is 0 Å². The fraction of sp³-hybridized carbons (Fsp3) is 0.286. The lowest BCUT2D eigenvalue weighted by atomic mass is 9.99. The number of rotatable bonds is 4. The lowest BCUT2D eigenvalue weighted by Crippen LogP contribution is -2.17. The van der Waals surface area contributed by atoms with Crippen LogP contribution in [0.15, 0.2) is 47.3 Å². The molecule has 1 unspecified atom stereocenters. The Morgan fingerprint density at radius 1 is 1.25 bits per heavy atom. The highest BCUT2D eigenvalue weighted by Gasteiger charge is 2.12. The van der Waals surface area contributed by atoms with E-state index in [9.17, 15) is 0 Å². The number of benzene rings is 1. The molecule has 2 rings (SSSR count). The molecule has 0 aliphatic carbocycles. The van der Waals surface area contributed by atoms with Gasteiger partial charge < -0.3 is 9.73 Å². The minimum atomic E-state index is 0.213. The minimum absolute atomic E-state index is 0.213. The third-order valence-corrected chi connectivity index (χ3v) is 2.86. The lowest BCUT2D eigenvalue weighted by molar-refractivity contribution is 0.557. The maximum Gasteiger partial charge on any atom is 0.0953 e. The summed E-state index contributed by atoms with van der Waals surface area (Å²) in [6.07, 6.45) is 4.57. The Morgan fingerprint density at radius 2 is 2.12 bits per heavy atom. The van der Waals surface area contributed by atoms with E-state index in [0.717, 1.165) is 12.0 Å². The quantitative estimate of drug-likeness (QED) is 0.847. The van der Waals surface area contributed by atoms with Gasteiger partial charge in [-0.2, -0.15) is 0 Å². The van der Waals surface area contributed by atoms with Crippen LogP contribution in [0.2, 0.25) is 0 Å². The maximum absolute atomic E-state index is 5.14. The molecule has 1 aromatic carbocycles. The zero-order valence-electron chi connectivity index (χ0n) is 9.73. The van der Waals surface area contributed by atoms with Crippen LogP contribution in [0.25, 0.3) is 0 Å². The molecule has 1 N–H and O–H groups in total. The van der Waals surface area contributed by atoms with Crippen molar-refractivity contribution < 1.29 is 4.42 Å². The molecular formula is C14H17NO. The lowest BCUT2D eigenvalue weighted by Gasteiger charge is -2.15. The van der Waals surface area contributed by atoms with Crippen LogP contribution in [0.3, 0.4) is 0 Å². The number of hydrogen-bond acceptors (Lipinski definition) is 2. The normalized spacial score (nSPS) is 12.6. The molecule has 0 amide bonds. The second-order valence-electron chi connectivity index (χ2n) is 3.88. The molecule has 0 aliphatic rings. The number of nitrogens with one attached hydrogen (secondary N) is 1. The zero-order chi connectivity index (χ0) is 11.4. The van der Waals surface area contributed by atoms with Gasteiger partial charge in [-0.1, -0.05) is 31.2 Å². The Kier molecular flexibility index (Phi) is 3.42. The molecule has 0 saturated carbocycles. The predicted octanol–water partition coefficient (Wildman–Crippen LogP) is 3.15. The highest BCUT2D eigenvalue weighted by atomic mass is 16.3. The molecule has 0 aliphatic heterocycles. The molecule has 0 radical (unpaired) electrons. The van der Waals surface area contributed by atoms with Crippen LogP contribution >= 0.6 is 0 Å². The average molecular weight is 215 g/mol. The molecule has 2 nitrogen and oxygen atoms in total. The molecule has 2 aromatic rings. The summed E-state index contributed by atoms with van der Waals surface area (Å²) in [5.74, 6) is 0. The summed E-state index contributed by atoms with van der Waals surface area (Å²) in [6.45, 7) is 2.17. The van der Waals surface area contributed by atoms with Crippen LogP contribution in [0.1, 0.15) is 29.7 Å². The third-order valence-electron chi connectivity index (χ3n) is 2.86. The van der Waals surface area contributed by atoms with E-state index in [4.69, 9.17) is 4.42 Å². The molecular weight excluding hydrogens is 198 g/mol. The van der Waals surface area contributed by atoms with Crippen molar-refractivity contribution in [1.82, 2.24) is 5.32 Å². The Balaban J connectivity index is 2.33. The molecule has 1 atom stereocenters. The van der Waals surface area contributed by atoms with Gasteiger partial charge in [-0.05, 0) is 30.7 Å². The Morgan fingerprint density at radius 3 is 2.75 bits per heavy atom. The first-order valence-electron chi connectivity index (χ1n) is 5.63. The van der Waals surface area contributed by atoms with E-state index < -0.39 is 0 Å². The van der Waals surface area contributed by atoms with Crippen molar-refractivity contribution in [2.75, 3.05) is 7.05 Å². The van der Waals surface area contributed by atoms with Crippen molar-refractivity contribution in [1.29, 1.82) is 0 Å². The molecule has 1 heterocycles. The molecule has 16 heavy (non-hydrogen) atoms. The van der Waals surface area contributed by atoms with Crippen molar-refractivity contribution in [2.24, 2.45) is 0 Å². The van der Waals surface area contributed by atoms with E-state index in [1.165, 1.54) is 11.1 Å². The second kappa shape index (κ2) is 4.99. The van der Waals surface area contributed by atoms with Gasteiger partial charge in [0.1, 0.15) is 0 Å². The fourth-order valence-electron chi connectivity index (χ4n) is 1.96. The van der Waals surface area contributed by atoms with Gasteiger partial charge in [-0.15, -0.1) is 0 Å². The SMILES string of the molecule is CCc1cccc(C(NC)c2ccoc2)c1. The summed E-state index contributed by atoms with van der Waals surface area (Å²) >= 11 is 0. The van der Waals surface area contributed by atoms with Crippen LogP contribution in [0.5, 0.6) is 0 Å². The van der Waals surface area contributed by atoms with Gasteiger partial charge >= 0.3 is 0 Å². The van der Waals surface area contributed by atoms with E-state index in [2.05, 4.69) is 36.5 Å². The van der Waals surface area contributed by atoms with E-state index in [1.807, 2.05) is 13.1 Å². The van der Waals surface area contributed by atoms with Crippen LogP contribution in [-0.2, 0) is 6.42 Å². The van der Waals surface area contributed by atoms with Gasteiger partial charge in [0.05, 0.1) is 18.6 Å². The largest absolute Gasteiger partial charge is 0.472 e. The predicted molar refractivity (Wildman–Crippen MR) is 65.4 cm³/mol. The van der Waals surface area contributed by atoms with E-state index in [1.54, 1.807) is 12.5 Å². The minimum Gasteiger partial charge on any atom is -0.472 e. The van der Waals surface area contributed by atoms with Crippen molar-refractivity contribution >= 4 is 0 Å². The molecule has 0 fully saturated rings. The van der Waals surface area contributed by atoms with Crippen LogP contribution < -0.4 is 5.32 Å². The van der Waals surface area contributed by atoms with Crippen molar-refractivity contribution in [3.63, 3.8) is 0 Å². The summed E-state index contributed by atoms with van der Waals surface area (Å²) in [7, 11) is 1.97. The molecule has 2 heteroatoms. The van der Waals surface area contributed by atoms with Crippen molar-refractivity contribution in [3.05, 3.63) is 59.5 Å². The molecule has 0 bridgehead atoms. The number of hydrogen-bond donors (Lipinski definition) is 1. The summed E-state index contributed by atoms with van der Waals surface area (Å²) in [5.41, 5.74) is 3.81. The third kappa shape index (κ3) is 2.17. The Hall–Kier alpha value is -1.54. The highest BCUT2D eigenvalue weighted by molar-refractivity contribution is 5.32. The zero-order valence-corrected chi connectivity index (χ0v) is 9.73. The first-order chi connectivity index (χ1) is 7.85. The van der Waals surface area contributed by atoms with E-state index >= 15 is 0 Å². The van der Waals surface area contributed by atoms with E-state index in [0.29, 0.717) is 0 Å². The second-order valence-corrected chi connectivity index (χ2v) is 3.88. The van der Waals surface area contributed by atoms with Crippen LogP contribution in [-0.4, -0.2) is 7.05 Å². The molecule has 0 spiro atoms. The van der Waals surface area contributed by atoms with Crippen molar-refractivity contribution in [3.8, 4) is 0 Å². The molecule has 0 saturated heterocycles. The monoisotopic (exact) mass is 215 g/mol. The standard InChI is InChI=1S/C14H17NO/c1-3-11-5-4-6-12(9-11)14(15-2)13-7-8-16-10-13/h4-10,14-15H,3H2,1-2H3. The topological polar surface area (TPSA) is 25.2 Å². The highest BCUT2D eigenvalue weighted by Crippen LogP contribution is 2.22.